The number of carboxylic acids is 1. The first kappa shape index (κ1) is 19.8. The molecule has 156 valence electrons. The molecule has 0 atom stereocenters. The van der Waals surface area contributed by atoms with E-state index in [1.165, 1.54) is 0 Å². The minimum absolute atomic E-state index is 0.0997. The molecule has 10 heteroatoms. The number of carbonyl (C=O) groups is 1. The highest BCUT2D eigenvalue weighted by Crippen LogP contribution is 2.47. The SMILES string of the molecule is NC1(c2c(F)c(NCCNc3ccccn3)c(F)c3[nH]c(C(=O)O)cc(=O)c23)CC1. The zero-order valence-electron chi connectivity index (χ0n) is 15.8. The van der Waals surface area contributed by atoms with Gasteiger partial charge >= 0.3 is 5.97 Å². The Bertz CT molecular complexity index is 1190. The lowest BCUT2D eigenvalue weighted by Gasteiger charge is -2.19. The van der Waals surface area contributed by atoms with Gasteiger partial charge in [0.1, 0.15) is 17.2 Å². The van der Waals surface area contributed by atoms with Gasteiger partial charge in [-0.1, -0.05) is 6.07 Å². The number of aromatic nitrogens is 2. The number of H-pyrrole nitrogens is 1. The number of aromatic amines is 1. The summed E-state index contributed by atoms with van der Waals surface area (Å²) in [6.07, 6.45) is 2.48. The maximum atomic E-state index is 15.3. The number of rotatable bonds is 7. The van der Waals surface area contributed by atoms with Crippen LogP contribution < -0.4 is 21.8 Å². The standard InChI is InChI=1S/C20H19F2N5O3/c21-15-14(20(23)4-5-20)13-11(28)9-10(19(29)30)27-17(13)16(22)18(15)26-8-7-25-12-3-1-2-6-24-12/h1-3,6,9,26H,4-5,7-8,23H2,(H,24,25)(H,27,28)(H,29,30). The summed E-state index contributed by atoms with van der Waals surface area (Å²) in [5.74, 6) is -2.84. The molecule has 1 aliphatic carbocycles. The van der Waals surface area contributed by atoms with Crippen LogP contribution in [0, 0.1) is 11.6 Å². The molecular weight excluding hydrogens is 396 g/mol. The number of anilines is 2. The highest BCUT2D eigenvalue weighted by molar-refractivity contribution is 5.93. The van der Waals surface area contributed by atoms with E-state index in [0.717, 1.165) is 6.07 Å². The number of benzene rings is 1. The van der Waals surface area contributed by atoms with Gasteiger partial charge in [-0.05, 0) is 25.0 Å². The van der Waals surface area contributed by atoms with Crippen LogP contribution in [-0.2, 0) is 5.54 Å². The van der Waals surface area contributed by atoms with Crippen molar-refractivity contribution in [3.05, 3.63) is 63.6 Å². The Morgan fingerprint density at radius 1 is 1.23 bits per heavy atom. The Balaban J connectivity index is 1.73. The van der Waals surface area contributed by atoms with Gasteiger partial charge in [0.2, 0.25) is 0 Å². The lowest BCUT2D eigenvalue weighted by Crippen LogP contribution is -2.26. The van der Waals surface area contributed by atoms with Gasteiger partial charge in [0.25, 0.3) is 0 Å². The van der Waals surface area contributed by atoms with Crippen molar-refractivity contribution in [2.45, 2.75) is 18.4 Å². The first-order valence-electron chi connectivity index (χ1n) is 9.31. The van der Waals surface area contributed by atoms with Gasteiger partial charge in [-0.15, -0.1) is 0 Å². The fourth-order valence-electron chi connectivity index (χ4n) is 3.40. The van der Waals surface area contributed by atoms with E-state index < -0.39 is 40.0 Å². The van der Waals surface area contributed by atoms with Crippen LogP contribution in [0.5, 0.6) is 0 Å². The summed E-state index contributed by atoms with van der Waals surface area (Å²) in [7, 11) is 0. The van der Waals surface area contributed by atoms with Gasteiger partial charge in [0.15, 0.2) is 17.1 Å². The first-order valence-corrected chi connectivity index (χ1v) is 9.31. The second kappa shape index (κ2) is 7.38. The Morgan fingerprint density at radius 2 is 1.97 bits per heavy atom. The highest BCUT2D eigenvalue weighted by Gasteiger charge is 2.45. The number of hydrogen-bond donors (Lipinski definition) is 5. The van der Waals surface area contributed by atoms with E-state index >= 15 is 8.78 Å². The molecule has 0 amide bonds. The van der Waals surface area contributed by atoms with Gasteiger partial charge < -0.3 is 26.5 Å². The fraction of sp³-hybridized carbons (Fsp3) is 0.250. The molecule has 1 aromatic carbocycles. The third-order valence-electron chi connectivity index (χ3n) is 5.07. The number of fused-ring (bicyclic) bond motifs is 1. The lowest BCUT2D eigenvalue weighted by atomic mass is 9.96. The molecule has 2 aromatic heterocycles. The largest absolute Gasteiger partial charge is 0.477 e. The van der Waals surface area contributed by atoms with E-state index in [4.69, 9.17) is 5.73 Å². The van der Waals surface area contributed by atoms with Gasteiger partial charge in [0, 0.05) is 36.5 Å². The molecule has 1 fully saturated rings. The molecule has 0 radical (unpaired) electrons. The molecule has 0 bridgehead atoms. The van der Waals surface area contributed by atoms with Gasteiger partial charge in [-0.25, -0.2) is 18.6 Å². The molecule has 30 heavy (non-hydrogen) atoms. The molecule has 0 saturated heterocycles. The smallest absolute Gasteiger partial charge is 0.352 e. The summed E-state index contributed by atoms with van der Waals surface area (Å²) in [6.45, 7) is 0.443. The van der Waals surface area contributed by atoms with Crippen molar-refractivity contribution in [1.82, 2.24) is 9.97 Å². The number of aromatic carboxylic acids is 1. The van der Waals surface area contributed by atoms with Crippen molar-refractivity contribution in [2.24, 2.45) is 5.73 Å². The lowest BCUT2D eigenvalue weighted by molar-refractivity contribution is 0.0691. The third kappa shape index (κ3) is 3.45. The van der Waals surface area contributed by atoms with Crippen LogP contribution in [0.1, 0.15) is 28.9 Å². The first-order chi connectivity index (χ1) is 14.3. The van der Waals surface area contributed by atoms with Crippen LogP contribution in [0.2, 0.25) is 0 Å². The van der Waals surface area contributed by atoms with E-state index in [1.807, 2.05) is 0 Å². The zero-order chi connectivity index (χ0) is 21.5. The molecule has 0 spiro atoms. The fourth-order valence-corrected chi connectivity index (χ4v) is 3.40. The monoisotopic (exact) mass is 415 g/mol. The average molecular weight is 415 g/mol. The van der Waals surface area contributed by atoms with E-state index in [0.29, 0.717) is 25.2 Å². The van der Waals surface area contributed by atoms with E-state index in [9.17, 15) is 14.7 Å². The van der Waals surface area contributed by atoms with Gasteiger partial charge in [-0.2, -0.15) is 0 Å². The Labute approximate surface area is 169 Å². The van der Waals surface area contributed by atoms with Crippen LogP contribution in [0.15, 0.2) is 35.3 Å². The van der Waals surface area contributed by atoms with Crippen molar-refractivity contribution < 1.29 is 18.7 Å². The molecule has 1 aliphatic rings. The zero-order valence-corrected chi connectivity index (χ0v) is 15.8. The number of pyridine rings is 2. The minimum atomic E-state index is -1.43. The number of carboxylic acid groups (broad SMARTS) is 1. The van der Waals surface area contributed by atoms with Crippen LogP contribution in [0.4, 0.5) is 20.3 Å². The number of halogens is 2. The van der Waals surface area contributed by atoms with E-state index in [1.54, 1.807) is 24.4 Å². The molecule has 3 aromatic rings. The number of hydrogen-bond acceptors (Lipinski definition) is 6. The van der Waals surface area contributed by atoms with Crippen molar-refractivity contribution in [3.8, 4) is 0 Å². The molecule has 1 saturated carbocycles. The summed E-state index contributed by atoms with van der Waals surface area (Å²) < 4.78 is 30.5. The van der Waals surface area contributed by atoms with E-state index in [-0.39, 0.29) is 23.0 Å². The topological polar surface area (TPSA) is 133 Å². The molecular formula is C20H19F2N5O3. The Morgan fingerprint density at radius 3 is 2.60 bits per heavy atom. The summed E-state index contributed by atoms with van der Waals surface area (Å²) in [6, 6.07) is 6.11. The second-order valence-corrected chi connectivity index (χ2v) is 7.21. The predicted molar refractivity (Wildman–Crippen MR) is 108 cm³/mol. The average Bonchev–Trinajstić information content (AvgIpc) is 3.46. The maximum Gasteiger partial charge on any atom is 0.352 e. The minimum Gasteiger partial charge on any atom is -0.477 e. The Kier molecular flexibility index (Phi) is 4.86. The maximum absolute atomic E-state index is 15.3. The quantitative estimate of drug-likeness (QED) is 0.374. The summed E-state index contributed by atoms with van der Waals surface area (Å²) >= 11 is 0. The molecule has 2 heterocycles. The predicted octanol–water partition coefficient (Wildman–Crippen LogP) is 2.37. The summed E-state index contributed by atoms with van der Waals surface area (Å²) in [4.78, 5) is 30.3. The van der Waals surface area contributed by atoms with E-state index in [2.05, 4.69) is 20.6 Å². The molecule has 8 nitrogen and oxygen atoms in total. The van der Waals surface area contributed by atoms with Crippen molar-refractivity contribution in [3.63, 3.8) is 0 Å². The summed E-state index contributed by atoms with van der Waals surface area (Å²) in [5, 5.41) is 14.6. The van der Waals surface area contributed by atoms with Crippen LogP contribution in [-0.4, -0.2) is 34.1 Å². The Hall–Kier alpha value is -3.53. The summed E-state index contributed by atoms with van der Waals surface area (Å²) in [5.41, 5.74) is 2.85. The van der Waals surface area contributed by atoms with Gasteiger partial charge in [0.05, 0.1) is 10.9 Å². The highest BCUT2D eigenvalue weighted by atomic mass is 19.1. The molecule has 0 aliphatic heterocycles. The molecule has 0 unspecified atom stereocenters. The van der Waals surface area contributed by atoms with Crippen molar-refractivity contribution in [1.29, 1.82) is 0 Å². The normalized spacial score (nSPS) is 14.5. The van der Waals surface area contributed by atoms with Crippen LogP contribution in [0.25, 0.3) is 10.9 Å². The van der Waals surface area contributed by atoms with Crippen LogP contribution >= 0.6 is 0 Å². The number of nitrogens with two attached hydrogens (primary N) is 1. The molecule has 4 rings (SSSR count). The van der Waals surface area contributed by atoms with Crippen molar-refractivity contribution in [2.75, 3.05) is 23.7 Å². The second-order valence-electron chi connectivity index (χ2n) is 7.21. The third-order valence-corrected chi connectivity index (χ3v) is 5.07. The van der Waals surface area contributed by atoms with Crippen LogP contribution in [0.3, 0.4) is 0 Å². The number of nitrogens with one attached hydrogen (secondary N) is 3. The number of nitrogens with zero attached hydrogens (tertiary/aromatic N) is 1. The van der Waals surface area contributed by atoms with Gasteiger partial charge in [-0.3, -0.25) is 4.79 Å². The van der Waals surface area contributed by atoms with Crippen molar-refractivity contribution >= 4 is 28.4 Å². The molecule has 6 N–H and O–H groups in total.